The van der Waals surface area contributed by atoms with E-state index in [4.69, 9.17) is 0 Å². The van der Waals surface area contributed by atoms with E-state index in [1.165, 1.54) is 6.20 Å². The third kappa shape index (κ3) is 10.1. The van der Waals surface area contributed by atoms with E-state index in [0.29, 0.717) is 5.41 Å². The fourth-order valence-corrected chi connectivity index (χ4v) is 3.06. The zero-order chi connectivity index (χ0) is 23.6. The van der Waals surface area contributed by atoms with E-state index in [1.807, 2.05) is 53.3 Å². The molecule has 1 aliphatic heterocycles. The zero-order valence-corrected chi connectivity index (χ0v) is 24.7. The first-order chi connectivity index (χ1) is 14.6. The van der Waals surface area contributed by atoms with Crippen molar-refractivity contribution in [1.29, 1.82) is 0 Å². The molecule has 32 heavy (non-hydrogen) atoms. The van der Waals surface area contributed by atoms with Crippen LogP contribution in [0.3, 0.4) is 0 Å². The van der Waals surface area contributed by atoms with Crippen molar-refractivity contribution in [3.8, 4) is 17.0 Å². The van der Waals surface area contributed by atoms with E-state index < -0.39 is 0 Å². The molecule has 0 aliphatic carbocycles. The Hall–Kier alpha value is -0.634. The van der Waals surface area contributed by atoms with Gasteiger partial charge < -0.3 is 26.1 Å². The monoisotopic (exact) mass is 465 g/mol. The van der Waals surface area contributed by atoms with Crippen LogP contribution in [0.15, 0.2) is 24.5 Å². The number of rotatable bonds is 3. The van der Waals surface area contributed by atoms with Crippen LogP contribution in [0.2, 0.25) is 0 Å². The minimum absolute atomic E-state index is 0. The van der Waals surface area contributed by atoms with Crippen LogP contribution in [0.1, 0.15) is 65.6 Å². The summed E-state index contributed by atoms with van der Waals surface area (Å²) in [5, 5.41) is 9.48. The van der Waals surface area contributed by atoms with Crippen molar-refractivity contribution in [1.82, 2.24) is 9.97 Å². The summed E-state index contributed by atoms with van der Waals surface area (Å²) in [6.45, 7) is 20.8. The van der Waals surface area contributed by atoms with Crippen molar-refractivity contribution in [3.05, 3.63) is 55.2 Å². The topological polar surface area (TPSA) is 58.5 Å². The minimum atomic E-state index is 0. The Labute approximate surface area is 238 Å². The summed E-state index contributed by atoms with van der Waals surface area (Å²) in [5.74, 6) is 0.171. The fraction of sp³-hybridized carbons (Fsp3) is 0.500. The predicted octanol–water partition coefficient (Wildman–Crippen LogP) is 3.41. The van der Waals surface area contributed by atoms with Gasteiger partial charge in [0.05, 0.1) is 11.9 Å². The van der Waals surface area contributed by atoms with Crippen LogP contribution in [0.4, 0.5) is 5.69 Å². The number of aromatic nitrogens is 2. The van der Waals surface area contributed by atoms with Gasteiger partial charge in [-0.1, -0.05) is 32.2 Å². The van der Waals surface area contributed by atoms with Gasteiger partial charge in [0.25, 0.3) is 0 Å². The Morgan fingerprint density at radius 2 is 1.66 bits per heavy atom. The molecule has 3 heterocycles. The maximum Gasteiger partial charge on any atom is 1.00 e. The first-order valence-electron chi connectivity index (χ1n) is 10.9. The van der Waals surface area contributed by atoms with Crippen LogP contribution in [-0.4, -0.2) is 35.3 Å². The molecule has 0 saturated carbocycles. The molecule has 5 nitrogen and oxygen atoms in total. The van der Waals surface area contributed by atoms with Crippen LogP contribution in [0.25, 0.3) is 11.3 Å². The zero-order valence-electron chi connectivity index (χ0n) is 21.6. The molecular weight excluding hydrogens is 425 g/mol. The first kappa shape index (κ1) is 31.4. The average Bonchev–Trinajstić information content (AvgIpc) is 2.72. The Bertz CT molecular complexity index is 782. The summed E-state index contributed by atoms with van der Waals surface area (Å²) in [6, 6.07) is 3.49. The number of piperidine rings is 1. The number of nitrogens with zero attached hydrogens (tertiary/aromatic N) is 3. The first-order valence-corrected chi connectivity index (χ1v) is 10.9. The summed E-state index contributed by atoms with van der Waals surface area (Å²) in [6.07, 6.45) is 8.68. The van der Waals surface area contributed by atoms with Gasteiger partial charge in [-0.15, -0.1) is 0 Å². The molecule has 2 aromatic heterocycles. The van der Waals surface area contributed by atoms with E-state index >= 15 is 0 Å². The second-order valence-corrected chi connectivity index (χ2v) is 8.83. The summed E-state index contributed by atoms with van der Waals surface area (Å²) in [5.41, 5.74) is 5.26. The fourth-order valence-electron chi connectivity index (χ4n) is 3.06. The molecule has 0 unspecified atom stereocenters. The molecule has 1 fully saturated rings. The molecule has 0 radical (unpaired) electrons. The van der Waals surface area contributed by atoms with E-state index in [1.54, 1.807) is 13.2 Å². The number of hydrogen-bond donors (Lipinski definition) is 1. The predicted molar refractivity (Wildman–Crippen MR) is 131 cm³/mol. The second-order valence-electron chi connectivity index (χ2n) is 8.83. The maximum absolute atomic E-state index is 9.48. The van der Waals surface area contributed by atoms with Crippen molar-refractivity contribution < 1.29 is 61.2 Å². The van der Waals surface area contributed by atoms with Gasteiger partial charge in [-0.25, -0.2) is 6.10 Å². The van der Waals surface area contributed by atoms with E-state index in [0.717, 1.165) is 60.2 Å². The molecular formula is C26H40KN3O2-2. The van der Waals surface area contributed by atoms with Gasteiger partial charge >= 0.3 is 51.4 Å². The van der Waals surface area contributed by atoms with Gasteiger partial charge in [0, 0.05) is 19.3 Å². The van der Waals surface area contributed by atoms with Crippen LogP contribution >= 0.6 is 0 Å². The van der Waals surface area contributed by atoms with Crippen LogP contribution in [0.5, 0.6) is 5.75 Å². The van der Waals surface area contributed by atoms with Gasteiger partial charge in [-0.3, -0.25) is 4.98 Å². The van der Waals surface area contributed by atoms with Gasteiger partial charge in [-0.2, -0.15) is 40.2 Å². The van der Waals surface area contributed by atoms with Crippen molar-refractivity contribution in [2.24, 2.45) is 5.41 Å². The van der Waals surface area contributed by atoms with Crippen LogP contribution < -0.4 is 56.3 Å². The maximum atomic E-state index is 9.48. The molecule has 0 atom stereocenters. The summed E-state index contributed by atoms with van der Waals surface area (Å²) in [7, 11) is 1.66. The van der Waals surface area contributed by atoms with E-state index in [-0.39, 0.29) is 57.1 Å². The van der Waals surface area contributed by atoms with Crippen molar-refractivity contribution >= 4 is 5.69 Å². The number of aromatic hydroxyl groups is 1. The van der Waals surface area contributed by atoms with Gasteiger partial charge in [0.2, 0.25) is 0 Å². The van der Waals surface area contributed by atoms with Crippen LogP contribution in [0, 0.1) is 31.8 Å². The number of anilines is 1. The van der Waals surface area contributed by atoms with Gasteiger partial charge in [0.1, 0.15) is 5.75 Å². The number of aryl methyl sites for hydroxylation is 1. The van der Waals surface area contributed by atoms with Crippen molar-refractivity contribution in [2.75, 3.05) is 25.1 Å². The number of pyridine rings is 2. The van der Waals surface area contributed by atoms with E-state index in [2.05, 4.69) is 40.4 Å². The second kappa shape index (κ2) is 15.3. The Kier molecular flexibility index (Phi) is 15.0. The smallest absolute Gasteiger partial charge is 0.552 e. The van der Waals surface area contributed by atoms with Gasteiger partial charge in [-0.05, 0) is 43.1 Å². The summed E-state index contributed by atoms with van der Waals surface area (Å²) < 4.78 is 4.67. The third-order valence-electron chi connectivity index (χ3n) is 5.23. The molecule has 1 N–H and O–H groups in total. The Morgan fingerprint density at radius 1 is 1.12 bits per heavy atom. The van der Waals surface area contributed by atoms with Gasteiger partial charge in [0.15, 0.2) is 0 Å². The third-order valence-corrected chi connectivity index (χ3v) is 5.23. The van der Waals surface area contributed by atoms with Crippen molar-refractivity contribution in [2.45, 2.75) is 61.3 Å². The summed E-state index contributed by atoms with van der Waals surface area (Å²) in [4.78, 5) is 11.2. The number of methoxy groups -OCH3 is 1. The molecule has 0 spiro atoms. The molecule has 0 bridgehead atoms. The molecule has 174 valence electrons. The molecule has 6 heteroatoms. The summed E-state index contributed by atoms with van der Waals surface area (Å²) >= 11 is 0. The van der Waals surface area contributed by atoms with E-state index in [9.17, 15) is 5.11 Å². The molecule has 3 rings (SSSR count). The molecule has 1 saturated heterocycles. The number of hydrogen-bond acceptors (Lipinski definition) is 5. The normalized spacial score (nSPS) is 14.5. The Balaban J connectivity index is 0.000000928. The SMILES string of the molecule is CO[C-](C)C.C[CH-]C.[CH2-]c1c(C)ncc(-c2ccc(O)cn2)c1N1CCC(C)(C)CC1.[K+]. The molecule has 2 aromatic rings. The molecule has 0 amide bonds. The standard InChI is InChI=1S/C19H24N3O.C4H9O.C3H7.K/c1-13-14(2)20-12-16(17-6-5-15(23)11-21-17)18(13)22-9-7-19(3,4)8-10-22;1-4(2)5-3;1-3-2;/h5-6,11-12,23H,1,7-10H2,2-4H3;1-3H3;3H,1-2H3;/q3*-1;+1. The molecule has 1 aliphatic rings. The molecule has 0 aromatic carbocycles. The van der Waals surface area contributed by atoms with Crippen molar-refractivity contribution in [3.63, 3.8) is 0 Å². The minimum Gasteiger partial charge on any atom is -0.552 e. The quantitative estimate of drug-likeness (QED) is 0.556. The Morgan fingerprint density at radius 3 is 2.09 bits per heavy atom. The average molecular weight is 466 g/mol. The van der Waals surface area contributed by atoms with Crippen LogP contribution in [-0.2, 0) is 4.74 Å². The number of ether oxygens (including phenoxy) is 1. The largest absolute Gasteiger partial charge is 1.00 e.